The van der Waals surface area contributed by atoms with E-state index in [1.54, 1.807) is 4.99 Å². The quantitative estimate of drug-likeness (QED) is 0.483. The van der Waals surface area contributed by atoms with E-state index in [2.05, 4.69) is 22.9 Å². The predicted octanol–water partition coefficient (Wildman–Crippen LogP) is 4.56. The van der Waals surface area contributed by atoms with E-state index in [0.717, 1.165) is 12.8 Å². The molecule has 0 radical (unpaired) electrons. The summed E-state index contributed by atoms with van der Waals surface area (Å²) >= 11 is 3.17. The third-order valence-corrected chi connectivity index (χ3v) is 2.68. The van der Waals surface area contributed by atoms with Gasteiger partial charge in [-0.2, -0.15) is 0 Å². The van der Waals surface area contributed by atoms with Gasteiger partial charge in [-0.15, -0.1) is 0 Å². The monoisotopic (exact) mass is 274 g/mol. The van der Waals surface area contributed by atoms with Gasteiger partial charge in [0.1, 0.15) is 0 Å². The molecule has 1 nitrogen and oxygen atoms in total. The molecule has 0 spiro atoms. The maximum absolute atomic E-state index is 9.54. The van der Waals surface area contributed by atoms with Gasteiger partial charge >= 0.3 is 0 Å². The SMILES string of the molecule is CCCCCCCCC(O)/C=C/C=C/Br. The van der Waals surface area contributed by atoms with Gasteiger partial charge in [-0.05, 0) is 11.4 Å². The highest BCUT2D eigenvalue weighted by Crippen LogP contribution is 2.09. The van der Waals surface area contributed by atoms with Gasteiger partial charge in [0.05, 0.1) is 6.10 Å². The Balaban J connectivity index is 3.27. The van der Waals surface area contributed by atoms with Crippen LogP contribution in [0.15, 0.2) is 23.2 Å². The number of unbranched alkanes of at least 4 members (excludes halogenated alkanes) is 5. The molecule has 0 saturated carbocycles. The first-order valence-electron chi connectivity index (χ1n) is 5.93. The first-order chi connectivity index (χ1) is 7.31. The topological polar surface area (TPSA) is 20.2 Å². The first-order valence-corrected chi connectivity index (χ1v) is 6.84. The molecule has 1 atom stereocenters. The number of rotatable bonds is 9. The zero-order valence-corrected chi connectivity index (χ0v) is 11.2. The van der Waals surface area contributed by atoms with Gasteiger partial charge in [0, 0.05) is 0 Å². The van der Waals surface area contributed by atoms with E-state index in [-0.39, 0.29) is 6.10 Å². The van der Waals surface area contributed by atoms with Gasteiger partial charge in [-0.25, -0.2) is 0 Å². The van der Waals surface area contributed by atoms with Crippen LogP contribution in [0.5, 0.6) is 0 Å². The van der Waals surface area contributed by atoms with Crippen LogP contribution in [-0.4, -0.2) is 11.2 Å². The van der Waals surface area contributed by atoms with Crippen molar-refractivity contribution in [3.8, 4) is 0 Å². The van der Waals surface area contributed by atoms with E-state index in [9.17, 15) is 5.11 Å². The zero-order chi connectivity index (χ0) is 11.4. The van der Waals surface area contributed by atoms with Crippen LogP contribution in [0.2, 0.25) is 0 Å². The highest BCUT2D eigenvalue weighted by Gasteiger charge is 1.97. The average Bonchev–Trinajstić information content (AvgIpc) is 2.23. The smallest absolute Gasteiger partial charge is 0.0723 e. The highest BCUT2D eigenvalue weighted by molar-refractivity contribution is 9.11. The summed E-state index contributed by atoms with van der Waals surface area (Å²) in [5.74, 6) is 0. The molecule has 1 N–H and O–H groups in total. The second-order valence-corrected chi connectivity index (χ2v) is 4.36. The van der Waals surface area contributed by atoms with E-state index in [1.165, 1.54) is 32.1 Å². The summed E-state index contributed by atoms with van der Waals surface area (Å²) < 4.78 is 0. The summed E-state index contributed by atoms with van der Waals surface area (Å²) in [6, 6.07) is 0. The molecular weight excluding hydrogens is 252 g/mol. The van der Waals surface area contributed by atoms with Gasteiger partial charge in [0.2, 0.25) is 0 Å². The molecular formula is C13H23BrO. The summed E-state index contributed by atoms with van der Waals surface area (Å²) in [5.41, 5.74) is 0. The Bertz CT molecular complexity index is 175. The van der Waals surface area contributed by atoms with Gasteiger partial charge < -0.3 is 5.11 Å². The van der Waals surface area contributed by atoms with Crippen molar-refractivity contribution in [3.05, 3.63) is 23.2 Å². The van der Waals surface area contributed by atoms with Gasteiger partial charge in [0.15, 0.2) is 0 Å². The van der Waals surface area contributed by atoms with Crippen LogP contribution >= 0.6 is 15.9 Å². The number of halogens is 1. The summed E-state index contributed by atoms with van der Waals surface area (Å²) in [7, 11) is 0. The van der Waals surface area contributed by atoms with Gasteiger partial charge in [0.25, 0.3) is 0 Å². The lowest BCUT2D eigenvalue weighted by Crippen LogP contribution is -2.01. The number of hydrogen-bond acceptors (Lipinski definition) is 1. The Morgan fingerprint density at radius 2 is 1.73 bits per heavy atom. The summed E-state index contributed by atoms with van der Waals surface area (Å²) in [6.45, 7) is 2.23. The lowest BCUT2D eigenvalue weighted by Gasteiger charge is -2.04. The highest BCUT2D eigenvalue weighted by atomic mass is 79.9. The van der Waals surface area contributed by atoms with Crippen LogP contribution in [0.4, 0.5) is 0 Å². The van der Waals surface area contributed by atoms with Crippen molar-refractivity contribution in [1.82, 2.24) is 0 Å². The predicted molar refractivity (Wildman–Crippen MR) is 71.2 cm³/mol. The summed E-state index contributed by atoms with van der Waals surface area (Å²) in [6.07, 6.45) is 13.9. The molecule has 1 unspecified atom stereocenters. The molecule has 0 fully saturated rings. The van der Waals surface area contributed by atoms with Crippen molar-refractivity contribution in [2.24, 2.45) is 0 Å². The summed E-state index contributed by atoms with van der Waals surface area (Å²) in [5, 5.41) is 9.54. The van der Waals surface area contributed by atoms with Crippen LogP contribution in [0, 0.1) is 0 Å². The molecule has 0 aromatic carbocycles. The Labute approximate surface area is 102 Å². The Hall–Kier alpha value is -0.0800. The van der Waals surface area contributed by atoms with Gasteiger partial charge in [-0.3, -0.25) is 0 Å². The molecule has 0 rings (SSSR count). The lowest BCUT2D eigenvalue weighted by atomic mass is 10.1. The molecule has 0 heterocycles. The maximum Gasteiger partial charge on any atom is 0.0723 e. The lowest BCUT2D eigenvalue weighted by molar-refractivity contribution is 0.208. The van der Waals surface area contributed by atoms with Crippen molar-refractivity contribution in [2.75, 3.05) is 0 Å². The molecule has 0 amide bonds. The van der Waals surface area contributed by atoms with E-state index in [0.29, 0.717) is 0 Å². The van der Waals surface area contributed by atoms with Crippen LogP contribution in [0.25, 0.3) is 0 Å². The van der Waals surface area contributed by atoms with E-state index in [1.807, 2.05) is 18.2 Å². The standard InChI is InChI=1S/C13H23BrO/c1-2-3-4-5-6-7-10-13(15)11-8-9-12-14/h8-9,11-13,15H,2-7,10H2,1H3/b11-8+,12-9+. The molecule has 0 bridgehead atoms. The largest absolute Gasteiger partial charge is 0.389 e. The third-order valence-electron chi connectivity index (χ3n) is 2.37. The van der Waals surface area contributed by atoms with Gasteiger partial charge in [-0.1, -0.05) is 79.6 Å². The minimum Gasteiger partial charge on any atom is -0.389 e. The molecule has 88 valence electrons. The van der Waals surface area contributed by atoms with Crippen LogP contribution in [0.3, 0.4) is 0 Å². The number of aliphatic hydroxyl groups is 1. The van der Waals surface area contributed by atoms with Crippen molar-refractivity contribution in [3.63, 3.8) is 0 Å². The molecule has 2 heteroatoms. The third kappa shape index (κ3) is 11.8. The Kier molecular flexibility index (Phi) is 11.9. The van der Waals surface area contributed by atoms with E-state index < -0.39 is 0 Å². The van der Waals surface area contributed by atoms with E-state index in [4.69, 9.17) is 0 Å². The minimum atomic E-state index is -0.278. The molecule has 0 aromatic heterocycles. The second kappa shape index (κ2) is 12.0. The minimum absolute atomic E-state index is 0.278. The van der Waals surface area contributed by atoms with E-state index >= 15 is 0 Å². The van der Waals surface area contributed by atoms with Crippen LogP contribution < -0.4 is 0 Å². The zero-order valence-electron chi connectivity index (χ0n) is 9.66. The maximum atomic E-state index is 9.54. The molecule has 0 saturated heterocycles. The van der Waals surface area contributed by atoms with Crippen molar-refractivity contribution >= 4 is 15.9 Å². The fraction of sp³-hybridized carbons (Fsp3) is 0.692. The molecule has 0 aliphatic rings. The van der Waals surface area contributed by atoms with Crippen LogP contribution in [-0.2, 0) is 0 Å². The number of allylic oxidation sites excluding steroid dienone is 2. The Morgan fingerprint density at radius 3 is 2.40 bits per heavy atom. The molecule has 0 aliphatic heterocycles. The van der Waals surface area contributed by atoms with Crippen molar-refractivity contribution in [2.45, 2.75) is 58.0 Å². The molecule has 15 heavy (non-hydrogen) atoms. The number of aliphatic hydroxyl groups excluding tert-OH is 1. The van der Waals surface area contributed by atoms with Crippen LogP contribution in [0.1, 0.15) is 51.9 Å². The fourth-order valence-electron chi connectivity index (χ4n) is 1.46. The molecule has 0 aliphatic carbocycles. The fourth-order valence-corrected chi connectivity index (χ4v) is 1.64. The first kappa shape index (κ1) is 14.9. The van der Waals surface area contributed by atoms with Crippen molar-refractivity contribution in [1.29, 1.82) is 0 Å². The van der Waals surface area contributed by atoms with Crippen molar-refractivity contribution < 1.29 is 5.11 Å². The Morgan fingerprint density at radius 1 is 1.07 bits per heavy atom. The average molecular weight is 275 g/mol. The number of hydrogen-bond donors (Lipinski definition) is 1. The normalized spacial score (nSPS) is 14.1. The summed E-state index contributed by atoms with van der Waals surface area (Å²) in [4.78, 5) is 1.78. The second-order valence-electron chi connectivity index (χ2n) is 3.83. The molecule has 0 aromatic rings.